The fourth-order valence-corrected chi connectivity index (χ4v) is 2.29. The number of carbonyl (C=O) groups is 2. The molecule has 0 aliphatic carbocycles. The molecule has 0 radical (unpaired) electrons. The molecule has 0 fully saturated rings. The second-order valence-electron chi connectivity index (χ2n) is 4.50. The molecule has 4 heteroatoms. The molecule has 2 aromatic rings. The summed E-state index contributed by atoms with van der Waals surface area (Å²) in [6.07, 6.45) is 0. The average Bonchev–Trinajstić information content (AvgIpc) is 2.46. The third-order valence-corrected chi connectivity index (χ3v) is 3.37. The van der Waals surface area contributed by atoms with E-state index in [4.69, 9.17) is 5.73 Å². The Balaban J connectivity index is 2.19. The van der Waals surface area contributed by atoms with E-state index in [1.807, 2.05) is 6.07 Å². The largest absolute Gasteiger partial charge is 0.323 e. The number of rotatable bonds is 1. The molecule has 3 rings (SSSR count). The Labute approximate surface area is 110 Å². The summed E-state index contributed by atoms with van der Waals surface area (Å²) in [4.78, 5) is 24.8. The summed E-state index contributed by atoms with van der Waals surface area (Å²) in [6, 6.07) is 15.6. The minimum atomic E-state index is -1.66. The van der Waals surface area contributed by atoms with Crippen molar-refractivity contribution in [3.05, 3.63) is 65.7 Å². The van der Waals surface area contributed by atoms with Gasteiger partial charge in [-0.05, 0) is 17.7 Å². The number of anilines is 1. The van der Waals surface area contributed by atoms with Gasteiger partial charge in [0, 0.05) is 5.56 Å². The first-order valence-corrected chi connectivity index (χ1v) is 5.93. The van der Waals surface area contributed by atoms with Crippen LogP contribution in [-0.4, -0.2) is 11.7 Å². The zero-order valence-corrected chi connectivity index (χ0v) is 10.1. The van der Waals surface area contributed by atoms with Gasteiger partial charge in [0.15, 0.2) is 11.3 Å². The molecule has 1 aliphatic heterocycles. The molecule has 19 heavy (non-hydrogen) atoms. The zero-order chi connectivity index (χ0) is 13.5. The summed E-state index contributed by atoms with van der Waals surface area (Å²) in [5, 5.41) is 2.69. The van der Waals surface area contributed by atoms with Crippen LogP contribution in [0.5, 0.6) is 0 Å². The van der Waals surface area contributed by atoms with Crippen LogP contribution in [0.4, 0.5) is 5.69 Å². The molecule has 94 valence electrons. The Hall–Kier alpha value is -2.46. The van der Waals surface area contributed by atoms with Crippen LogP contribution in [0.15, 0.2) is 54.6 Å². The molecule has 0 saturated carbocycles. The Morgan fingerprint density at radius 3 is 2.26 bits per heavy atom. The standard InChI is InChI=1S/C15H12N2O2/c16-15(10-6-2-1-3-7-10)13(18)11-8-4-5-9-12(11)17-14(15)19/h1-9H,16H2,(H,17,19). The monoisotopic (exact) mass is 252 g/mol. The van der Waals surface area contributed by atoms with Crippen LogP contribution >= 0.6 is 0 Å². The summed E-state index contributed by atoms with van der Waals surface area (Å²) in [5.74, 6) is -0.875. The summed E-state index contributed by atoms with van der Waals surface area (Å²) < 4.78 is 0. The van der Waals surface area contributed by atoms with E-state index >= 15 is 0 Å². The maximum absolute atomic E-state index is 12.6. The van der Waals surface area contributed by atoms with Gasteiger partial charge in [-0.3, -0.25) is 9.59 Å². The van der Waals surface area contributed by atoms with Crippen molar-refractivity contribution in [2.45, 2.75) is 5.54 Å². The molecule has 0 spiro atoms. The Morgan fingerprint density at radius 2 is 1.53 bits per heavy atom. The summed E-state index contributed by atoms with van der Waals surface area (Å²) in [6.45, 7) is 0. The number of amides is 1. The number of benzene rings is 2. The van der Waals surface area contributed by atoms with E-state index in [9.17, 15) is 9.59 Å². The molecular weight excluding hydrogens is 240 g/mol. The van der Waals surface area contributed by atoms with Crippen LogP contribution in [0.25, 0.3) is 0 Å². The molecule has 1 amide bonds. The molecule has 1 unspecified atom stereocenters. The lowest BCUT2D eigenvalue weighted by Gasteiger charge is -2.32. The van der Waals surface area contributed by atoms with Crippen LogP contribution in [-0.2, 0) is 10.3 Å². The number of nitrogens with two attached hydrogens (primary N) is 1. The summed E-state index contributed by atoms with van der Waals surface area (Å²) in [7, 11) is 0. The Kier molecular flexibility index (Phi) is 2.47. The minimum absolute atomic E-state index is 0.377. The molecule has 0 bridgehead atoms. The van der Waals surface area contributed by atoms with Crippen molar-refractivity contribution in [3.63, 3.8) is 0 Å². The summed E-state index contributed by atoms with van der Waals surface area (Å²) in [5.41, 5.74) is 5.90. The van der Waals surface area contributed by atoms with E-state index in [1.165, 1.54) is 0 Å². The number of para-hydroxylation sites is 1. The highest BCUT2D eigenvalue weighted by atomic mass is 16.2. The molecule has 1 atom stereocenters. The van der Waals surface area contributed by atoms with Gasteiger partial charge >= 0.3 is 0 Å². The quantitative estimate of drug-likeness (QED) is 0.758. The number of fused-ring (bicyclic) bond motifs is 1. The topological polar surface area (TPSA) is 72.2 Å². The molecule has 3 N–H and O–H groups in total. The van der Waals surface area contributed by atoms with Gasteiger partial charge in [0.25, 0.3) is 5.91 Å². The van der Waals surface area contributed by atoms with Gasteiger partial charge in [0.1, 0.15) is 0 Å². The number of nitrogens with one attached hydrogen (secondary N) is 1. The van der Waals surface area contributed by atoms with Crippen molar-refractivity contribution in [3.8, 4) is 0 Å². The lowest BCUT2D eigenvalue weighted by Crippen LogP contribution is -2.57. The average molecular weight is 252 g/mol. The lowest BCUT2D eigenvalue weighted by molar-refractivity contribution is -0.120. The zero-order valence-electron chi connectivity index (χ0n) is 10.1. The maximum atomic E-state index is 12.6. The van der Waals surface area contributed by atoms with Crippen LogP contribution in [0, 0.1) is 0 Å². The van der Waals surface area contributed by atoms with Gasteiger partial charge in [0.2, 0.25) is 0 Å². The van der Waals surface area contributed by atoms with E-state index in [1.54, 1.807) is 48.5 Å². The highest BCUT2D eigenvalue weighted by Gasteiger charge is 2.47. The maximum Gasteiger partial charge on any atom is 0.257 e. The first-order chi connectivity index (χ1) is 9.14. The van der Waals surface area contributed by atoms with E-state index in [-0.39, 0.29) is 5.78 Å². The number of hydrogen-bond acceptors (Lipinski definition) is 3. The SMILES string of the molecule is NC1(c2ccccc2)C(=O)Nc2ccccc2C1=O. The fraction of sp³-hybridized carbons (Fsp3) is 0.0667. The number of ketones is 1. The van der Waals surface area contributed by atoms with Crippen LogP contribution < -0.4 is 11.1 Å². The van der Waals surface area contributed by atoms with E-state index in [2.05, 4.69) is 5.32 Å². The first-order valence-electron chi connectivity index (χ1n) is 5.93. The Morgan fingerprint density at radius 1 is 0.895 bits per heavy atom. The predicted molar refractivity (Wildman–Crippen MR) is 71.7 cm³/mol. The molecular formula is C15H12N2O2. The second kappa shape index (κ2) is 4.03. The Bertz CT molecular complexity index is 667. The minimum Gasteiger partial charge on any atom is -0.323 e. The van der Waals surface area contributed by atoms with Crippen LogP contribution in [0.3, 0.4) is 0 Å². The highest BCUT2D eigenvalue weighted by Crippen LogP contribution is 2.32. The van der Waals surface area contributed by atoms with Crippen molar-refractivity contribution < 1.29 is 9.59 Å². The molecule has 2 aromatic carbocycles. The van der Waals surface area contributed by atoms with Crippen LogP contribution in [0.2, 0.25) is 0 Å². The van der Waals surface area contributed by atoms with Gasteiger partial charge in [-0.1, -0.05) is 42.5 Å². The molecule has 4 nitrogen and oxygen atoms in total. The smallest absolute Gasteiger partial charge is 0.257 e. The third-order valence-electron chi connectivity index (χ3n) is 3.37. The second-order valence-corrected chi connectivity index (χ2v) is 4.50. The van der Waals surface area contributed by atoms with Crippen molar-refractivity contribution in [1.82, 2.24) is 0 Å². The highest BCUT2D eigenvalue weighted by molar-refractivity contribution is 6.27. The van der Waals surface area contributed by atoms with Gasteiger partial charge in [-0.25, -0.2) is 0 Å². The normalized spacial score (nSPS) is 21.7. The molecule has 1 heterocycles. The number of hydrogen-bond donors (Lipinski definition) is 2. The molecule has 0 saturated heterocycles. The van der Waals surface area contributed by atoms with Gasteiger partial charge < -0.3 is 11.1 Å². The van der Waals surface area contributed by atoms with E-state index < -0.39 is 11.4 Å². The van der Waals surface area contributed by atoms with Gasteiger partial charge in [-0.15, -0.1) is 0 Å². The number of carbonyl (C=O) groups excluding carboxylic acids is 2. The van der Waals surface area contributed by atoms with Crippen molar-refractivity contribution in [1.29, 1.82) is 0 Å². The van der Waals surface area contributed by atoms with Crippen molar-refractivity contribution in [2.75, 3.05) is 5.32 Å². The lowest BCUT2D eigenvalue weighted by atomic mass is 9.79. The van der Waals surface area contributed by atoms with Gasteiger partial charge in [0.05, 0.1) is 5.69 Å². The summed E-state index contributed by atoms with van der Waals surface area (Å²) >= 11 is 0. The fourth-order valence-electron chi connectivity index (χ4n) is 2.29. The van der Waals surface area contributed by atoms with Crippen molar-refractivity contribution in [2.24, 2.45) is 5.73 Å². The predicted octanol–water partition coefficient (Wildman–Crippen LogP) is 1.68. The van der Waals surface area contributed by atoms with Gasteiger partial charge in [-0.2, -0.15) is 0 Å². The van der Waals surface area contributed by atoms with Crippen molar-refractivity contribution >= 4 is 17.4 Å². The third kappa shape index (κ3) is 1.57. The van der Waals surface area contributed by atoms with E-state index in [0.717, 1.165) is 0 Å². The first kappa shape index (κ1) is 11.6. The van der Waals surface area contributed by atoms with Crippen LogP contribution in [0.1, 0.15) is 15.9 Å². The molecule has 1 aliphatic rings. The molecule has 0 aromatic heterocycles. The van der Waals surface area contributed by atoms with E-state index in [0.29, 0.717) is 16.8 Å². The number of Topliss-reactive ketones (excluding diaryl/α,β-unsaturated/α-hetero) is 1.